The van der Waals surface area contributed by atoms with E-state index in [1.165, 1.54) is 140 Å². The molecule has 114 heavy (non-hydrogen) atoms. The van der Waals surface area contributed by atoms with Crippen LogP contribution in [-0.4, -0.2) is 60.2 Å². The van der Waals surface area contributed by atoms with Gasteiger partial charge in [0.25, 0.3) is 0 Å². The molecule has 3 heterocycles. The first kappa shape index (κ1) is 72.8. The number of fused-ring (bicyclic) bond motifs is 11. The molecule has 0 amide bonds. The first-order valence-electron chi connectivity index (χ1n) is 38.3. The molecule has 0 spiro atoms. The van der Waals surface area contributed by atoms with Crippen molar-refractivity contribution < 1.29 is 0 Å². The van der Waals surface area contributed by atoms with Gasteiger partial charge in [-0.1, -0.05) is 0 Å². The Morgan fingerprint density at radius 3 is 0.982 bits per heavy atom. The van der Waals surface area contributed by atoms with Gasteiger partial charge in [-0.05, 0) is 0 Å². The van der Waals surface area contributed by atoms with Gasteiger partial charge in [0.1, 0.15) is 0 Å². The van der Waals surface area contributed by atoms with Crippen LogP contribution in [0.3, 0.4) is 0 Å². The third-order valence-corrected chi connectivity index (χ3v) is 43.1. The predicted molar refractivity (Wildman–Crippen MR) is 500 cm³/mol. The third kappa shape index (κ3) is 13.4. The van der Waals surface area contributed by atoms with Crippen molar-refractivity contribution in [1.82, 2.24) is 15.0 Å². The molecule has 3 nitrogen and oxygen atoms in total. The van der Waals surface area contributed by atoms with Crippen LogP contribution < -0.4 is 47.7 Å². The predicted octanol–water partition coefficient (Wildman–Crippen LogP) is 22.8. The van der Waals surface area contributed by atoms with Gasteiger partial charge in [-0.3, -0.25) is 0 Å². The molecule has 0 radical (unpaired) electrons. The summed E-state index contributed by atoms with van der Waals surface area (Å²) in [6, 6.07) is 156. The summed E-state index contributed by atoms with van der Waals surface area (Å²) in [6.07, 6.45) is 1.89. The van der Waals surface area contributed by atoms with Gasteiger partial charge in [-0.2, -0.15) is 0 Å². The maximum absolute atomic E-state index is 5.12. The van der Waals surface area contributed by atoms with E-state index in [2.05, 4.69) is 470 Å². The quantitative estimate of drug-likeness (QED) is 0.0530. The van der Waals surface area contributed by atoms with Gasteiger partial charge in [-0.15, -0.1) is 0 Å². The molecule has 3 unspecified atom stereocenters. The second kappa shape index (κ2) is 31.5. The van der Waals surface area contributed by atoms with Crippen LogP contribution in [0, 0.1) is 0 Å². The topological polar surface area (TPSA) is 38.7 Å². The number of hydrogen-bond donors (Lipinski definition) is 0. The van der Waals surface area contributed by atoms with Crippen molar-refractivity contribution in [1.29, 1.82) is 0 Å². The Balaban J connectivity index is 0.000000115. The summed E-state index contributed by atoms with van der Waals surface area (Å²) < 4.78 is 0. The van der Waals surface area contributed by atoms with Crippen LogP contribution in [0.15, 0.2) is 437 Å². The summed E-state index contributed by atoms with van der Waals surface area (Å²) in [4.78, 5) is 14.8. The van der Waals surface area contributed by atoms with Crippen LogP contribution in [0.2, 0.25) is 0 Å². The molecule has 0 aliphatic carbocycles. The van der Waals surface area contributed by atoms with Gasteiger partial charge in [0.2, 0.25) is 0 Å². The molecule has 21 aromatic rings. The van der Waals surface area contributed by atoms with Crippen molar-refractivity contribution in [2.45, 2.75) is 0 Å². The number of benzene rings is 18. The number of para-hydroxylation sites is 2. The van der Waals surface area contributed by atoms with E-state index in [9.17, 15) is 0 Å². The summed E-state index contributed by atoms with van der Waals surface area (Å²) in [5.41, 5.74) is 5.12. The van der Waals surface area contributed by atoms with E-state index in [0.29, 0.717) is 0 Å². The fourth-order valence-corrected chi connectivity index (χ4v) is 32.7. The van der Waals surface area contributed by atoms with Crippen molar-refractivity contribution >= 4 is 207 Å². The average molecular weight is 1710 g/mol. The number of hydrogen-bond acceptors (Lipinski definition) is 3. The van der Waals surface area contributed by atoms with Crippen molar-refractivity contribution in [3.63, 3.8) is 0 Å². The minimum absolute atomic E-state index is 0.995. The summed E-state index contributed by atoms with van der Waals surface area (Å²) in [7, 11) is 0. The fourth-order valence-electron chi connectivity index (χ4n) is 16.5. The average Bonchev–Trinajstić information content (AvgIpc) is 0.751. The Morgan fingerprint density at radius 2 is 0.526 bits per heavy atom. The van der Waals surface area contributed by atoms with Crippen LogP contribution in [0.1, 0.15) is 0 Å². The number of nitrogens with zero attached hydrogens (tertiary/aromatic N) is 3. The molecule has 0 fully saturated rings. The van der Waals surface area contributed by atoms with Crippen LogP contribution in [0.4, 0.5) is 0 Å². The first-order valence-corrected chi connectivity index (χ1v) is 50.3. The zero-order valence-electron chi connectivity index (χ0n) is 62.0. The van der Waals surface area contributed by atoms with Crippen molar-refractivity contribution in [2.75, 3.05) is 0 Å². The molecule has 0 aliphatic rings. The van der Waals surface area contributed by atoms with E-state index < -0.39 is 16.5 Å². The monoisotopic (exact) mass is 1710 g/mol. The Bertz CT molecular complexity index is 7290. The Hall–Kier alpha value is -11.4. The molecule has 0 N–H and O–H groups in total. The van der Waals surface area contributed by atoms with Crippen molar-refractivity contribution in [2.24, 2.45) is 0 Å². The number of pyridine rings is 3. The zero-order chi connectivity index (χ0) is 76.6. The minimum atomic E-state index is -2.02. The van der Waals surface area contributed by atoms with E-state index in [0.717, 1.165) is 38.7 Å². The van der Waals surface area contributed by atoms with Crippen molar-refractivity contribution in [3.05, 3.63) is 437 Å². The molecule has 0 aliphatic heterocycles. The first-order chi connectivity index (χ1) is 56.2. The SMILES string of the molecule is [Se]=P(c1ccccc1)(c1ccc(-c2c3ccccc3nc3ccccc23)cc1)c1cccc2ccccc12.[Se]=P(c1ccccc1)(c1ccc(-c2cc3ccccc3c3ncccc23)cc1)c1cccc2ccccc12.[Se]=P(c1ccccc1)(c1ccc(-c2ccc3ccc4ccccc4c3n2)cc1)c1cccc2ccccc12. The third-order valence-electron chi connectivity index (χ3n) is 22.1. The van der Waals surface area contributed by atoms with Crippen LogP contribution >= 0.6 is 16.5 Å². The standard InChI is InChI=1S/3C35H24NPSe/c38-37(28-13-2-1-3-14-28,34-18-8-12-25-10-4-6-15-30(25)34)29-21-19-26(20-22-29)33-24-27-11-5-7-16-31(27)35-32(33)17-9-23-36-35;38-37(29-12-2-1-3-13-29,34-16-8-11-25-9-4-6-14-31(25)34)30-22-19-27(20-23-30)33-24-21-28-18-17-26-10-5-7-15-32(26)35(28)36-33;38-37(27-13-2-1-3-14-27,34-20-10-12-25-11-4-5-15-29(25)34)28-23-21-26(22-24-28)35-30-16-6-8-18-32(30)36-33-19-9-7-17-31(33)35/h3*1-24H. The molecular formula is C105H72N3P3Se3. The summed E-state index contributed by atoms with van der Waals surface area (Å²) in [6.45, 7) is 0. The van der Waals surface area contributed by atoms with Crippen LogP contribution in [0.25, 0.3) is 131 Å². The van der Waals surface area contributed by atoms with Crippen LogP contribution in [-0.2, 0) is 0 Å². The van der Waals surface area contributed by atoms with Gasteiger partial charge < -0.3 is 0 Å². The molecule has 3 aromatic heterocycles. The van der Waals surface area contributed by atoms with E-state index in [1.54, 1.807) is 0 Å². The molecular weight excluding hydrogens is 1630 g/mol. The van der Waals surface area contributed by atoms with E-state index in [4.69, 9.17) is 15.0 Å². The molecule has 540 valence electrons. The number of aromatic nitrogens is 3. The molecule has 0 saturated carbocycles. The summed E-state index contributed by atoms with van der Waals surface area (Å²) in [5.74, 6) is 0. The number of rotatable bonds is 12. The molecule has 0 saturated heterocycles. The molecule has 0 bridgehead atoms. The van der Waals surface area contributed by atoms with Gasteiger partial charge >= 0.3 is 692 Å². The van der Waals surface area contributed by atoms with E-state index >= 15 is 0 Å². The van der Waals surface area contributed by atoms with E-state index in [-0.39, 0.29) is 0 Å². The Morgan fingerprint density at radius 1 is 0.202 bits per heavy atom. The summed E-state index contributed by atoms with van der Waals surface area (Å²) >= 11 is 11.2. The maximum atomic E-state index is 5.12. The molecule has 21 rings (SSSR count). The molecule has 9 heteroatoms. The van der Waals surface area contributed by atoms with E-state index in [1.807, 2.05) is 12.3 Å². The van der Waals surface area contributed by atoms with Crippen LogP contribution in [0.5, 0.6) is 0 Å². The molecule has 18 aromatic carbocycles. The van der Waals surface area contributed by atoms with Gasteiger partial charge in [0.05, 0.1) is 0 Å². The summed E-state index contributed by atoms with van der Waals surface area (Å²) in [5, 5.41) is 29.3. The Kier molecular flexibility index (Phi) is 20.1. The van der Waals surface area contributed by atoms with Crippen molar-refractivity contribution in [3.8, 4) is 33.5 Å². The Labute approximate surface area is 686 Å². The van der Waals surface area contributed by atoms with Gasteiger partial charge in [-0.25, -0.2) is 0 Å². The molecule has 3 atom stereocenters. The second-order valence-corrected chi connectivity index (χ2v) is 47.1. The second-order valence-electron chi connectivity index (χ2n) is 28.6. The van der Waals surface area contributed by atoms with Gasteiger partial charge in [0.15, 0.2) is 0 Å². The zero-order valence-corrected chi connectivity index (χ0v) is 69.8. The fraction of sp³-hybridized carbons (Fsp3) is 0. The normalized spacial score (nSPS) is 13.1. The van der Waals surface area contributed by atoms with Gasteiger partial charge in [0, 0.05) is 0 Å².